The van der Waals surface area contributed by atoms with Gasteiger partial charge in [0, 0.05) is 23.7 Å². The van der Waals surface area contributed by atoms with Crippen molar-refractivity contribution in [3.8, 4) is 11.6 Å². The second-order valence-electron chi connectivity index (χ2n) is 4.30. The first-order chi connectivity index (χ1) is 10.0. The standard InChI is InChI=1S/C14H8BrClN2O3/c1-7-4-12(19)21-11-5-8(2-3-9(7)11)20-13-10(15)6-17-14(16)18-13/h2-6H,1H3. The third kappa shape index (κ3) is 2.91. The molecule has 0 amide bonds. The summed E-state index contributed by atoms with van der Waals surface area (Å²) in [4.78, 5) is 19.2. The number of aromatic nitrogens is 2. The highest BCUT2D eigenvalue weighted by molar-refractivity contribution is 9.10. The Morgan fingerprint density at radius 1 is 1.33 bits per heavy atom. The van der Waals surface area contributed by atoms with E-state index in [4.69, 9.17) is 20.8 Å². The molecule has 0 atom stereocenters. The van der Waals surface area contributed by atoms with Gasteiger partial charge < -0.3 is 9.15 Å². The summed E-state index contributed by atoms with van der Waals surface area (Å²) in [6.45, 7) is 1.85. The van der Waals surface area contributed by atoms with Crippen LogP contribution in [0.15, 0.2) is 44.1 Å². The maximum Gasteiger partial charge on any atom is 0.336 e. The van der Waals surface area contributed by atoms with Gasteiger partial charge in [-0.1, -0.05) is 0 Å². The van der Waals surface area contributed by atoms with Crippen LogP contribution in [0.25, 0.3) is 11.0 Å². The molecule has 2 aromatic heterocycles. The van der Waals surface area contributed by atoms with Gasteiger partial charge in [-0.2, -0.15) is 4.98 Å². The minimum Gasteiger partial charge on any atom is -0.438 e. The number of fused-ring (bicyclic) bond motifs is 1. The zero-order valence-corrected chi connectivity index (χ0v) is 13.1. The van der Waals surface area contributed by atoms with Crippen molar-refractivity contribution in [3.05, 3.63) is 56.2 Å². The molecule has 0 bridgehead atoms. The predicted molar refractivity (Wildman–Crippen MR) is 82.0 cm³/mol. The first kappa shape index (κ1) is 14.0. The Morgan fingerprint density at radius 2 is 2.14 bits per heavy atom. The van der Waals surface area contributed by atoms with Crippen LogP contribution < -0.4 is 10.4 Å². The fourth-order valence-corrected chi connectivity index (χ4v) is 2.28. The van der Waals surface area contributed by atoms with E-state index in [1.54, 1.807) is 12.1 Å². The number of hydrogen-bond acceptors (Lipinski definition) is 5. The van der Waals surface area contributed by atoms with E-state index in [0.717, 1.165) is 10.9 Å². The van der Waals surface area contributed by atoms with Crippen LogP contribution in [-0.2, 0) is 0 Å². The Hall–Kier alpha value is -1.92. The third-order valence-electron chi connectivity index (χ3n) is 2.82. The van der Waals surface area contributed by atoms with Gasteiger partial charge in [0.25, 0.3) is 0 Å². The summed E-state index contributed by atoms with van der Waals surface area (Å²) in [7, 11) is 0. The number of aryl methyl sites for hydroxylation is 1. The van der Waals surface area contributed by atoms with Crippen LogP contribution in [0.5, 0.6) is 11.6 Å². The van der Waals surface area contributed by atoms with Crippen LogP contribution in [0.1, 0.15) is 5.56 Å². The summed E-state index contributed by atoms with van der Waals surface area (Å²) in [6.07, 6.45) is 1.50. The summed E-state index contributed by atoms with van der Waals surface area (Å²) in [5.41, 5.74) is 0.899. The molecule has 2 heterocycles. The summed E-state index contributed by atoms with van der Waals surface area (Å²) >= 11 is 9.02. The molecular weight excluding hydrogens is 360 g/mol. The molecule has 0 aliphatic rings. The molecule has 0 N–H and O–H groups in total. The Morgan fingerprint density at radius 3 is 2.95 bits per heavy atom. The molecular formula is C14H8BrClN2O3. The molecule has 0 fully saturated rings. The fraction of sp³-hybridized carbons (Fsp3) is 0.0714. The van der Waals surface area contributed by atoms with Gasteiger partial charge in [-0.25, -0.2) is 9.78 Å². The third-order valence-corrected chi connectivity index (χ3v) is 3.55. The van der Waals surface area contributed by atoms with E-state index in [2.05, 4.69) is 25.9 Å². The zero-order valence-electron chi connectivity index (χ0n) is 10.8. The van der Waals surface area contributed by atoms with E-state index >= 15 is 0 Å². The number of halogens is 2. The van der Waals surface area contributed by atoms with Crippen LogP contribution in [0.4, 0.5) is 0 Å². The molecule has 0 aliphatic heterocycles. The molecule has 7 heteroatoms. The van der Waals surface area contributed by atoms with Gasteiger partial charge in [0.1, 0.15) is 11.3 Å². The summed E-state index contributed by atoms with van der Waals surface area (Å²) in [5.74, 6) is 0.760. The highest BCUT2D eigenvalue weighted by atomic mass is 79.9. The van der Waals surface area contributed by atoms with Crippen LogP contribution in [0, 0.1) is 6.92 Å². The van der Waals surface area contributed by atoms with Crippen LogP contribution >= 0.6 is 27.5 Å². The van der Waals surface area contributed by atoms with Crippen LogP contribution in [0.3, 0.4) is 0 Å². The predicted octanol–water partition coefficient (Wildman–Crippen LogP) is 4.10. The normalized spacial score (nSPS) is 10.8. The number of rotatable bonds is 2. The monoisotopic (exact) mass is 366 g/mol. The molecule has 106 valence electrons. The second-order valence-corrected chi connectivity index (χ2v) is 5.49. The van der Waals surface area contributed by atoms with Gasteiger partial charge in [-0.3, -0.25) is 0 Å². The summed E-state index contributed by atoms with van der Waals surface area (Å²) < 4.78 is 11.4. The van der Waals surface area contributed by atoms with Crippen molar-refractivity contribution in [2.45, 2.75) is 6.92 Å². The van der Waals surface area contributed by atoms with Crippen molar-refractivity contribution in [2.75, 3.05) is 0 Å². The van der Waals surface area contributed by atoms with Crippen molar-refractivity contribution < 1.29 is 9.15 Å². The second kappa shape index (κ2) is 5.46. The Balaban J connectivity index is 2.05. The molecule has 3 rings (SSSR count). The average molecular weight is 368 g/mol. The number of benzene rings is 1. The van der Waals surface area contributed by atoms with E-state index < -0.39 is 5.63 Å². The minimum atomic E-state index is -0.400. The van der Waals surface area contributed by atoms with E-state index in [-0.39, 0.29) is 11.2 Å². The Bertz CT molecular complexity index is 895. The first-order valence-corrected chi connectivity index (χ1v) is 7.10. The molecule has 5 nitrogen and oxygen atoms in total. The molecule has 0 aliphatic carbocycles. The van der Waals surface area contributed by atoms with E-state index in [1.807, 2.05) is 13.0 Å². The topological polar surface area (TPSA) is 65.2 Å². The van der Waals surface area contributed by atoms with Gasteiger partial charge >= 0.3 is 5.63 Å². The Kier molecular flexibility index (Phi) is 3.65. The van der Waals surface area contributed by atoms with Crippen molar-refractivity contribution in [2.24, 2.45) is 0 Å². The lowest BCUT2D eigenvalue weighted by atomic mass is 10.1. The lowest BCUT2D eigenvalue weighted by Gasteiger charge is -2.07. The molecule has 1 aromatic carbocycles. The van der Waals surface area contributed by atoms with Crippen molar-refractivity contribution in [3.63, 3.8) is 0 Å². The number of hydrogen-bond donors (Lipinski definition) is 0. The quantitative estimate of drug-likeness (QED) is 0.504. The molecule has 0 unspecified atom stereocenters. The average Bonchev–Trinajstić information content (AvgIpc) is 2.42. The van der Waals surface area contributed by atoms with E-state index in [0.29, 0.717) is 15.8 Å². The molecule has 0 radical (unpaired) electrons. The van der Waals surface area contributed by atoms with Crippen LogP contribution in [-0.4, -0.2) is 9.97 Å². The maximum absolute atomic E-state index is 11.4. The van der Waals surface area contributed by atoms with Gasteiger partial charge in [-0.05, 0) is 52.2 Å². The van der Waals surface area contributed by atoms with Gasteiger partial charge in [-0.15, -0.1) is 0 Å². The van der Waals surface area contributed by atoms with Crippen molar-refractivity contribution in [1.82, 2.24) is 9.97 Å². The van der Waals surface area contributed by atoms with E-state index in [9.17, 15) is 4.79 Å². The zero-order chi connectivity index (χ0) is 15.0. The summed E-state index contributed by atoms with van der Waals surface area (Å²) in [5, 5.41) is 0.929. The van der Waals surface area contributed by atoms with Gasteiger partial charge in [0.2, 0.25) is 11.2 Å². The van der Waals surface area contributed by atoms with Crippen molar-refractivity contribution in [1.29, 1.82) is 0 Å². The van der Waals surface area contributed by atoms with Crippen LogP contribution in [0.2, 0.25) is 5.28 Å². The van der Waals surface area contributed by atoms with E-state index in [1.165, 1.54) is 12.3 Å². The first-order valence-electron chi connectivity index (χ1n) is 5.93. The fourth-order valence-electron chi connectivity index (χ4n) is 1.88. The molecule has 0 saturated heterocycles. The highest BCUT2D eigenvalue weighted by Crippen LogP contribution is 2.30. The highest BCUT2D eigenvalue weighted by Gasteiger charge is 2.09. The number of ether oxygens (including phenoxy) is 1. The maximum atomic E-state index is 11.4. The smallest absolute Gasteiger partial charge is 0.336 e. The SMILES string of the molecule is Cc1cc(=O)oc2cc(Oc3nc(Cl)ncc3Br)ccc12. The number of nitrogens with zero attached hydrogens (tertiary/aromatic N) is 2. The van der Waals surface area contributed by atoms with Crippen molar-refractivity contribution >= 4 is 38.5 Å². The summed E-state index contributed by atoms with van der Waals surface area (Å²) in [6, 6.07) is 6.66. The lowest BCUT2D eigenvalue weighted by molar-refractivity contribution is 0.456. The molecule has 21 heavy (non-hydrogen) atoms. The largest absolute Gasteiger partial charge is 0.438 e. The lowest BCUT2D eigenvalue weighted by Crippen LogP contribution is -1.98. The van der Waals surface area contributed by atoms with Gasteiger partial charge in [0.05, 0.1) is 4.47 Å². The molecule has 0 saturated carbocycles. The Labute approximate surface area is 132 Å². The van der Waals surface area contributed by atoms with Gasteiger partial charge in [0.15, 0.2) is 0 Å². The molecule has 0 spiro atoms. The minimum absolute atomic E-state index is 0.0800. The molecule has 3 aromatic rings.